The number of benzene rings is 1. The molecule has 0 N–H and O–H groups in total. The normalized spacial score (nSPS) is 21.7. The van der Waals surface area contributed by atoms with E-state index in [0.717, 1.165) is 35.7 Å². The maximum atomic E-state index is 12.8. The van der Waals surface area contributed by atoms with E-state index in [4.69, 9.17) is 4.74 Å². The first-order chi connectivity index (χ1) is 13.4. The van der Waals surface area contributed by atoms with Gasteiger partial charge in [-0.25, -0.2) is 0 Å². The molecule has 0 unspecified atom stereocenters. The molecule has 5 heteroatoms. The van der Waals surface area contributed by atoms with E-state index in [1.807, 2.05) is 30.3 Å². The summed E-state index contributed by atoms with van der Waals surface area (Å²) in [5.74, 6) is 1.81. The van der Waals surface area contributed by atoms with E-state index >= 15 is 0 Å². The monoisotopic (exact) mass is 582 g/mol. The molecule has 0 aromatic heterocycles. The number of carbonyl (C=O) groups excluding carboxylic acids is 2. The van der Waals surface area contributed by atoms with Crippen molar-refractivity contribution in [3.05, 3.63) is 35.9 Å². The molecular weight excluding hydrogens is 544 g/mol. The quantitative estimate of drug-likeness (QED) is 0.243. The molecule has 0 heterocycles. The van der Waals surface area contributed by atoms with Gasteiger partial charge < -0.3 is 17.0 Å². The molecule has 1 fully saturated rings. The largest absolute Gasteiger partial charge is 1.00 e. The average Bonchev–Trinajstić information content (AvgIpc) is 2.66. The molecule has 2 rings (SSSR count). The number of unbranched alkanes of at least 4 members (excludes halogenated alkanes) is 1. The number of carbonyl (C=O) groups is 2. The standard InChI is InChI=1S/C24H37O3Te.BrH/c1-5-6-14-28(16-22(25)20-10-8-7-9-11-20)17-24(26)27-23-15-19(4)12-13-21(23)18(2)3;/h7-11,18-19,21,23H,5-6,12-17H2,1-4H3;1H/q+1;/p-1/t19-,21+,23-;/m1./s1. The Morgan fingerprint density at radius 2 is 1.83 bits per heavy atom. The first-order valence-electron chi connectivity index (χ1n) is 10.8. The SMILES string of the molecule is CCCC[Te+](CC(=O)O[C@@H]1C[C@H](C)CC[C@H]1C(C)C)CC(=O)c1ccccc1.[Br-]. The first kappa shape index (κ1) is 26.7. The van der Waals surface area contributed by atoms with Gasteiger partial charge in [-0.15, -0.1) is 0 Å². The van der Waals surface area contributed by atoms with Crippen LogP contribution < -0.4 is 17.0 Å². The van der Waals surface area contributed by atoms with E-state index in [1.54, 1.807) is 0 Å². The molecule has 0 amide bonds. The van der Waals surface area contributed by atoms with Crippen LogP contribution in [0.1, 0.15) is 70.2 Å². The smallest absolute Gasteiger partial charge is 1.00 e. The Balaban J connectivity index is 0.00000420. The Labute approximate surface area is 194 Å². The maximum Gasteiger partial charge on any atom is -1.00 e. The van der Waals surface area contributed by atoms with Gasteiger partial charge >= 0.3 is 179 Å². The second-order valence-electron chi connectivity index (χ2n) is 8.60. The minimum Gasteiger partial charge on any atom is -1.00 e. The Morgan fingerprint density at radius 3 is 2.45 bits per heavy atom. The number of hydrogen-bond acceptors (Lipinski definition) is 3. The zero-order valence-electron chi connectivity index (χ0n) is 18.4. The van der Waals surface area contributed by atoms with E-state index in [2.05, 4.69) is 27.7 Å². The van der Waals surface area contributed by atoms with Crippen LogP contribution in [0.15, 0.2) is 30.3 Å². The molecule has 0 bridgehead atoms. The summed E-state index contributed by atoms with van der Waals surface area (Å²) in [4.78, 5) is 25.5. The van der Waals surface area contributed by atoms with Crippen molar-refractivity contribution in [2.24, 2.45) is 17.8 Å². The van der Waals surface area contributed by atoms with Gasteiger partial charge in [-0.1, -0.05) is 0 Å². The molecule has 164 valence electrons. The molecule has 1 aliphatic carbocycles. The van der Waals surface area contributed by atoms with Gasteiger partial charge in [-0.3, -0.25) is 0 Å². The molecule has 0 spiro atoms. The molecule has 3 atom stereocenters. The average molecular weight is 581 g/mol. The van der Waals surface area contributed by atoms with Crippen molar-refractivity contribution < 1.29 is 31.3 Å². The van der Waals surface area contributed by atoms with E-state index in [0.29, 0.717) is 26.7 Å². The molecule has 0 aliphatic heterocycles. The molecule has 29 heavy (non-hydrogen) atoms. The number of ketones is 1. The second kappa shape index (κ2) is 13.8. The second-order valence-corrected chi connectivity index (χ2v) is 14.9. The van der Waals surface area contributed by atoms with E-state index < -0.39 is 19.6 Å². The Hall–Kier alpha value is -0.370. The fourth-order valence-corrected chi connectivity index (χ4v) is 9.84. The summed E-state index contributed by atoms with van der Waals surface area (Å²) in [7, 11) is 0. The summed E-state index contributed by atoms with van der Waals surface area (Å²) in [5, 5.41) is 0. The van der Waals surface area contributed by atoms with Crippen LogP contribution in [0.25, 0.3) is 0 Å². The van der Waals surface area contributed by atoms with Crippen LogP contribution in [0.5, 0.6) is 0 Å². The van der Waals surface area contributed by atoms with Crippen LogP contribution >= 0.6 is 0 Å². The van der Waals surface area contributed by atoms with Crippen LogP contribution in [-0.4, -0.2) is 37.4 Å². The van der Waals surface area contributed by atoms with Crippen molar-refractivity contribution in [3.63, 3.8) is 0 Å². The van der Waals surface area contributed by atoms with Gasteiger partial charge in [-0.05, 0) is 0 Å². The minimum atomic E-state index is -1.84. The summed E-state index contributed by atoms with van der Waals surface area (Å²) in [6.07, 6.45) is 5.67. The minimum absolute atomic E-state index is 0. The summed E-state index contributed by atoms with van der Waals surface area (Å²) in [6, 6.07) is 9.51. The van der Waals surface area contributed by atoms with Gasteiger partial charge in [0.2, 0.25) is 0 Å². The van der Waals surface area contributed by atoms with Gasteiger partial charge in [0.25, 0.3) is 0 Å². The molecule has 1 aromatic rings. The topological polar surface area (TPSA) is 43.4 Å². The third-order valence-corrected chi connectivity index (χ3v) is 12.0. The van der Waals surface area contributed by atoms with Crippen LogP contribution in [-0.2, 0) is 9.53 Å². The summed E-state index contributed by atoms with van der Waals surface area (Å²) in [5.41, 5.74) is 0.777. The third-order valence-electron chi connectivity index (χ3n) is 5.78. The fraction of sp³-hybridized carbons (Fsp3) is 0.667. The predicted octanol–water partition coefficient (Wildman–Crippen LogP) is 3.17. The van der Waals surface area contributed by atoms with Crippen molar-refractivity contribution in [1.82, 2.24) is 0 Å². The zero-order chi connectivity index (χ0) is 20.5. The van der Waals surface area contributed by atoms with Gasteiger partial charge in [0, 0.05) is 0 Å². The maximum absolute atomic E-state index is 12.8. The summed E-state index contributed by atoms with van der Waals surface area (Å²) in [6.45, 7) is 8.91. The number of rotatable bonds is 10. The van der Waals surface area contributed by atoms with Crippen molar-refractivity contribution in [2.75, 3.05) is 0 Å². The van der Waals surface area contributed by atoms with E-state index in [-0.39, 0.29) is 34.8 Å². The van der Waals surface area contributed by atoms with Crippen molar-refractivity contribution in [2.45, 2.75) is 79.3 Å². The van der Waals surface area contributed by atoms with Crippen molar-refractivity contribution in [1.29, 1.82) is 0 Å². The Kier molecular flexibility index (Phi) is 12.7. The van der Waals surface area contributed by atoms with Crippen molar-refractivity contribution >= 4 is 31.3 Å². The molecule has 3 nitrogen and oxygen atoms in total. The summed E-state index contributed by atoms with van der Waals surface area (Å²) >= 11 is -1.84. The number of halogens is 1. The Bertz CT molecular complexity index is 620. The van der Waals surface area contributed by atoms with E-state index in [9.17, 15) is 9.59 Å². The van der Waals surface area contributed by atoms with Crippen LogP contribution in [0.2, 0.25) is 13.4 Å². The number of Topliss-reactive ketones (excluding diaryl/α,β-unsaturated/α-hetero) is 1. The van der Waals surface area contributed by atoms with Gasteiger partial charge in [-0.2, -0.15) is 0 Å². The fourth-order valence-electron chi connectivity index (χ4n) is 4.06. The molecule has 1 saturated carbocycles. The van der Waals surface area contributed by atoms with Crippen molar-refractivity contribution in [3.8, 4) is 0 Å². The Morgan fingerprint density at radius 1 is 1.14 bits per heavy atom. The number of esters is 1. The molecule has 1 aromatic carbocycles. The van der Waals surface area contributed by atoms with E-state index in [1.165, 1.54) is 6.42 Å². The third kappa shape index (κ3) is 9.11. The summed E-state index contributed by atoms with van der Waals surface area (Å²) < 4.78 is 8.22. The molecule has 0 radical (unpaired) electrons. The van der Waals surface area contributed by atoms with Gasteiger partial charge in [0.1, 0.15) is 0 Å². The zero-order valence-corrected chi connectivity index (χ0v) is 22.3. The molecule has 1 aliphatic rings. The van der Waals surface area contributed by atoms with Crippen LogP contribution in [0.4, 0.5) is 0 Å². The van der Waals surface area contributed by atoms with Gasteiger partial charge in [0.05, 0.1) is 0 Å². The number of ether oxygens (including phenoxy) is 1. The number of hydrogen-bond donors (Lipinski definition) is 0. The van der Waals surface area contributed by atoms with Gasteiger partial charge in [0.15, 0.2) is 0 Å². The van der Waals surface area contributed by atoms with Crippen LogP contribution in [0.3, 0.4) is 0 Å². The molecular formula is C24H37BrO3Te. The van der Waals surface area contributed by atoms with Crippen LogP contribution in [0, 0.1) is 17.8 Å². The first-order valence-corrected chi connectivity index (χ1v) is 15.8. The molecule has 0 saturated heterocycles. The predicted molar refractivity (Wildman–Crippen MR) is 117 cm³/mol.